The Kier molecular flexibility index (Phi) is 2.96. The summed E-state index contributed by atoms with van der Waals surface area (Å²) in [5.74, 6) is -1.11. The standard InChI is InChI=1S/C17H12N4O3/c1-21-16(23)12-5-3-9(6-13(12)17(21)24)15(22)19-11-4-2-10-8-18-20-14(10)7-11/h2-8H,1H3,(H,18,20)(H,19,22). The lowest BCUT2D eigenvalue weighted by molar-refractivity contribution is 0.0693. The minimum Gasteiger partial charge on any atom is -0.322 e. The molecule has 0 aliphatic carbocycles. The van der Waals surface area contributed by atoms with Gasteiger partial charge in [-0.15, -0.1) is 0 Å². The molecule has 24 heavy (non-hydrogen) atoms. The van der Waals surface area contributed by atoms with Gasteiger partial charge in [-0.2, -0.15) is 5.10 Å². The molecule has 2 N–H and O–H groups in total. The number of nitrogens with zero attached hydrogens (tertiary/aromatic N) is 2. The van der Waals surface area contributed by atoms with Gasteiger partial charge in [-0.05, 0) is 36.4 Å². The van der Waals surface area contributed by atoms with Crippen LogP contribution in [0.2, 0.25) is 0 Å². The Morgan fingerprint density at radius 3 is 2.71 bits per heavy atom. The highest BCUT2D eigenvalue weighted by molar-refractivity contribution is 6.22. The van der Waals surface area contributed by atoms with Crippen LogP contribution in [0, 0.1) is 0 Å². The first-order valence-electron chi connectivity index (χ1n) is 7.25. The van der Waals surface area contributed by atoms with Crippen molar-refractivity contribution in [3.8, 4) is 0 Å². The fraction of sp³-hybridized carbons (Fsp3) is 0.0588. The van der Waals surface area contributed by atoms with Crippen molar-refractivity contribution in [3.05, 3.63) is 59.3 Å². The van der Waals surface area contributed by atoms with E-state index in [0.717, 1.165) is 15.8 Å². The number of aromatic amines is 1. The number of anilines is 1. The Bertz CT molecular complexity index is 1020. The van der Waals surface area contributed by atoms with Crippen molar-refractivity contribution in [2.45, 2.75) is 0 Å². The van der Waals surface area contributed by atoms with Crippen LogP contribution in [0.1, 0.15) is 31.1 Å². The molecule has 2 aromatic carbocycles. The molecule has 4 rings (SSSR count). The first-order chi connectivity index (χ1) is 11.5. The number of fused-ring (bicyclic) bond motifs is 2. The number of hydrogen-bond donors (Lipinski definition) is 2. The molecule has 0 spiro atoms. The molecule has 0 atom stereocenters. The van der Waals surface area contributed by atoms with Gasteiger partial charge >= 0.3 is 0 Å². The Labute approximate surface area is 136 Å². The van der Waals surface area contributed by atoms with Gasteiger partial charge in [0.05, 0.1) is 22.8 Å². The molecule has 3 amide bonds. The molecule has 0 bridgehead atoms. The van der Waals surface area contributed by atoms with E-state index in [1.807, 2.05) is 6.07 Å². The maximum Gasteiger partial charge on any atom is 0.261 e. The molecule has 1 aromatic heterocycles. The number of hydrogen-bond acceptors (Lipinski definition) is 4. The zero-order chi connectivity index (χ0) is 16.8. The normalized spacial score (nSPS) is 13.5. The van der Waals surface area contributed by atoms with Crippen LogP contribution < -0.4 is 5.32 Å². The van der Waals surface area contributed by atoms with Crippen molar-refractivity contribution in [2.24, 2.45) is 0 Å². The molecule has 0 saturated heterocycles. The van der Waals surface area contributed by atoms with Crippen LogP contribution in [0.15, 0.2) is 42.6 Å². The lowest BCUT2D eigenvalue weighted by atomic mass is 10.1. The number of amides is 3. The zero-order valence-corrected chi connectivity index (χ0v) is 12.7. The number of aromatic nitrogens is 2. The van der Waals surface area contributed by atoms with E-state index >= 15 is 0 Å². The van der Waals surface area contributed by atoms with Gasteiger partial charge in [0, 0.05) is 23.7 Å². The second kappa shape index (κ2) is 5.02. The van der Waals surface area contributed by atoms with Gasteiger partial charge in [0.25, 0.3) is 17.7 Å². The molecule has 2 heterocycles. The number of carbonyl (C=O) groups is 3. The van der Waals surface area contributed by atoms with Crippen molar-refractivity contribution in [1.82, 2.24) is 15.1 Å². The maximum atomic E-state index is 12.4. The number of imide groups is 1. The summed E-state index contributed by atoms with van der Waals surface area (Å²) in [5.41, 5.74) is 2.30. The molecule has 0 unspecified atom stereocenters. The average Bonchev–Trinajstić information content (AvgIpc) is 3.14. The van der Waals surface area contributed by atoms with Crippen LogP contribution in [0.4, 0.5) is 5.69 Å². The number of rotatable bonds is 2. The van der Waals surface area contributed by atoms with E-state index in [-0.39, 0.29) is 17.4 Å². The van der Waals surface area contributed by atoms with Gasteiger partial charge in [-0.1, -0.05) is 0 Å². The second-order valence-electron chi connectivity index (χ2n) is 5.56. The quantitative estimate of drug-likeness (QED) is 0.706. The third-order valence-corrected chi connectivity index (χ3v) is 4.05. The first-order valence-corrected chi connectivity index (χ1v) is 7.25. The highest BCUT2D eigenvalue weighted by Crippen LogP contribution is 2.23. The van der Waals surface area contributed by atoms with Gasteiger partial charge in [-0.25, -0.2) is 0 Å². The molecular weight excluding hydrogens is 308 g/mol. The highest BCUT2D eigenvalue weighted by atomic mass is 16.2. The molecule has 7 heteroatoms. The van der Waals surface area contributed by atoms with E-state index in [2.05, 4.69) is 15.5 Å². The van der Waals surface area contributed by atoms with E-state index in [4.69, 9.17) is 0 Å². The molecule has 118 valence electrons. The monoisotopic (exact) mass is 320 g/mol. The van der Waals surface area contributed by atoms with E-state index < -0.39 is 5.91 Å². The van der Waals surface area contributed by atoms with Crippen LogP contribution in [0.5, 0.6) is 0 Å². The summed E-state index contributed by atoms with van der Waals surface area (Å²) in [5, 5.41) is 10.5. The fourth-order valence-electron chi connectivity index (χ4n) is 2.72. The first kappa shape index (κ1) is 14.1. The largest absolute Gasteiger partial charge is 0.322 e. The molecule has 7 nitrogen and oxygen atoms in total. The van der Waals surface area contributed by atoms with Crippen LogP contribution in [-0.2, 0) is 0 Å². The van der Waals surface area contributed by atoms with E-state index in [0.29, 0.717) is 16.8 Å². The molecule has 1 aliphatic heterocycles. The summed E-state index contributed by atoms with van der Waals surface area (Å²) in [6.07, 6.45) is 1.69. The second-order valence-corrected chi connectivity index (χ2v) is 5.56. The van der Waals surface area contributed by atoms with Crippen LogP contribution in [-0.4, -0.2) is 39.9 Å². The van der Waals surface area contributed by atoms with Crippen LogP contribution in [0.3, 0.4) is 0 Å². The van der Waals surface area contributed by atoms with Gasteiger partial charge in [0.15, 0.2) is 0 Å². The van der Waals surface area contributed by atoms with E-state index in [9.17, 15) is 14.4 Å². The van der Waals surface area contributed by atoms with Gasteiger partial charge < -0.3 is 5.32 Å². The number of benzene rings is 2. The highest BCUT2D eigenvalue weighted by Gasteiger charge is 2.33. The predicted octanol–water partition coefficient (Wildman–Crippen LogP) is 2.04. The van der Waals surface area contributed by atoms with Crippen molar-refractivity contribution >= 4 is 34.3 Å². The summed E-state index contributed by atoms with van der Waals surface area (Å²) in [6, 6.07) is 9.87. The fourth-order valence-corrected chi connectivity index (χ4v) is 2.72. The zero-order valence-electron chi connectivity index (χ0n) is 12.7. The molecule has 3 aromatic rings. The maximum absolute atomic E-state index is 12.4. The number of nitrogens with one attached hydrogen (secondary N) is 2. The lowest BCUT2D eigenvalue weighted by Crippen LogP contribution is -2.24. The van der Waals surface area contributed by atoms with E-state index in [1.165, 1.54) is 25.2 Å². The Balaban J connectivity index is 1.63. The van der Waals surface area contributed by atoms with Crippen molar-refractivity contribution in [1.29, 1.82) is 0 Å². The summed E-state index contributed by atoms with van der Waals surface area (Å²) < 4.78 is 0. The average molecular weight is 320 g/mol. The smallest absolute Gasteiger partial charge is 0.261 e. The molecule has 0 fully saturated rings. The molecule has 1 aliphatic rings. The van der Waals surface area contributed by atoms with Crippen molar-refractivity contribution < 1.29 is 14.4 Å². The summed E-state index contributed by atoms with van der Waals surface area (Å²) >= 11 is 0. The Morgan fingerprint density at radius 1 is 1.08 bits per heavy atom. The predicted molar refractivity (Wildman–Crippen MR) is 86.9 cm³/mol. The van der Waals surface area contributed by atoms with Crippen LogP contribution >= 0.6 is 0 Å². The van der Waals surface area contributed by atoms with Gasteiger partial charge in [0.1, 0.15) is 0 Å². The minimum atomic E-state index is -0.400. The third kappa shape index (κ3) is 2.06. The minimum absolute atomic E-state index is 0.249. The Morgan fingerprint density at radius 2 is 1.88 bits per heavy atom. The SMILES string of the molecule is CN1C(=O)c2ccc(C(=O)Nc3ccc4cn[nH]c4c3)cc2C1=O. The van der Waals surface area contributed by atoms with Gasteiger partial charge in [0.2, 0.25) is 0 Å². The third-order valence-electron chi connectivity index (χ3n) is 4.05. The summed E-state index contributed by atoms with van der Waals surface area (Å²) in [6.45, 7) is 0. The lowest BCUT2D eigenvalue weighted by Gasteiger charge is -2.06. The Hall–Kier alpha value is -3.48. The molecule has 0 saturated carbocycles. The van der Waals surface area contributed by atoms with Crippen molar-refractivity contribution in [2.75, 3.05) is 12.4 Å². The number of carbonyl (C=O) groups excluding carboxylic acids is 3. The van der Waals surface area contributed by atoms with Gasteiger partial charge in [-0.3, -0.25) is 24.4 Å². The van der Waals surface area contributed by atoms with Crippen LogP contribution in [0.25, 0.3) is 10.9 Å². The topological polar surface area (TPSA) is 95.2 Å². The summed E-state index contributed by atoms with van der Waals surface area (Å²) in [4.78, 5) is 37.3. The summed E-state index contributed by atoms with van der Waals surface area (Å²) in [7, 11) is 1.42. The molecular formula is C17H12N4O3. The number of H-pyrrole nitrogens is 1. The van der Waals surface area contributed by atoms with Crippen molar-refractivity contribution in [3.63, 3.8) is 0 Å². The molecule has 0 radical (unpaired) electrons. The van der Waals surface area contributed by atoms with E-state index in [1.54, 1.807) is 18.3 Å².